The zero-order valence-corrected chi connectivity index (χ0v) is 12.0. The van der Waals surface area contributed by atoms with Crippen molar-refractivity contribution in [2.24, 2.45) is 12.8 Å². The summed E-state index contributed by atoms with van der Waals surface area (Å²) in [6, 6.07) is 8.49. The van der Waals surface area contributed by atoms with E-state index in [1.807, 2.05) is 14.0 Å². The first-order valence-electron chi connectivity index (χ1n) is 6.52. The van der Waals surface area contributed by atoms with Crippen molar-refractivity contribution in [3.05, 3.63) is 51.8 Å². The molecule has 0 aliphatic heterocycles. The monoisotopic (exact) mass is 275 g/mol. The van der Waals surface area contributed by atoms with Gasteiger partial charge in [0.25, 0.3) is 0 Å². The van der Waals surface area contributed by atoms with Gasteiger partial charge in [0.05, 0.1) is 5.69 Å². The van der Waals surface area contributed by atoms with Crippen LogP contribution in [0, 0.1) is 6.92 Å². The van der Waals surface area contributed by atoms with E-state index in [0.717, 1.165) is 30.5 Å². The molecule has 0 amide bonds. The molecule has 0 saturated heterocycles. The molecule has 0 unspecified atom stereocenters. The molecule has 1 heterocycles. The molecule has 1 aromatic carbocycles. The quantitative estimate of drug-likeness (QED) is 0.915. The van der Waals surface area contributed by atoms with Crippen LogP contribution in [-0.4, -0.2) is 15.3 Å². The Hall–Kier alpha value is -1.32. The topological polar surface area (TPSA) is 43.8 Å². The summed E-state index contributed by atoms with van der Waals surface area (Å²) in [4.78, 5) is 0. The Morgan fingerprint density at radius 3 is 2.37 bits per heavy atom. The highest BCUT2D eigenvalue weighted by molar-refractivity contribution is 6.30. The molecule has 1 aliphatic rings. The largest absolute Gasteiger partial charge is 0.324 e. The zero-order chi connectivity index (χ0) is 13.6. The van der Waals surface area contributed by atoms with Crippen LogP contribution in [0.4, 0.5) is 0 Å². The van der Waals surface area contributed by atoms with E-state index in [1.165, 1.54) is 11.1 Å². The van der Waals surface area contributed by atoms with Crippen LogP contribution >= 0.6 is 11.6 Å². The lowest BCUT2D eigenvalue weighted by molar-refractivity contribution is 0.445. The van der Waals surface area contributed by atoms with Crippen molar-refractivity contribution in [1.29, 1.82) is 0 Å². The summed E-state index contributed by atoms with van der Waals surface area (Å²) in [5.74, 6) is 0. The molecule has 2 N–H and O–H groups in total. The number of halogens is 1. The molecule has 19 heavy (non-hydrogen) atoms. The summed E-state index contributed by atoms with van der Waals surface area (Å²) in [6.45, 7) is 1.99. The van der Waals surface area contributed by atoms with Crippen LogP contribution in [0.25, 0.3) is 0 Å². The Labute approximate surface area is 118 Å². The van der Waals surface area contributed by atoms with E-state index in [9.17, 15) is 0 Å². The third kappa shape index (κ3) is 2.17. The van der Waals surface area contributed by atoms with E-state index < -0.39 is 0 Å². The summed E-state index contributed by atoms with van der Waals surface area (Å²) in [7, 11) is 1.87. The van der Waals surface area contributed by atoms with Gasteiger partial charge in [-0.1, -0.05) is 35.9 Å². The minimum Gasteiger partial charge on any atom is -0.324 e. The van der Waals surface area contributed by atoms with Crippen molar-refractivity contribution in [2.75, 3.05) is 0 Å². The van der Waals surface area contributed by atoms with Gasteiger partial charge in [-0.15, -0.1) is 0 Å². The lowest BCUT2D eigenvalue weighted by Crippen LogP contribution is -2.43. The maximum atomic E-state index is 6.59. The molecule has 2 aromatic rings. The minimum atomic E-state index is -0.235. The second-order valence-corrected chi connectivity index (χ2v) is 6.00. The molecule has 0 bridgehead atoms. The van der Waals surface area contributed by atoms with E-state index in [-0.39, 0.29) is 5.54 Å². The molecule has 0 saturated carbocycles. The Bertz CT molecular complexity index is 605. The predicted molar refractivity (Wildman–Crippen MR) is 77.4 cm³/mol. The van der Waals surface area contributed by atoms with Crippen LogP contribution in [0.2, 0.25) is 5.15 Å². The lowest BCUT2D eigenvalue weighted by Gasteiger charge is -2.23. The van der Waals surface area contributed by atoms with Crippen LogP contribution in [0.1, 0.15) is 22.4 Å². The molecule has 3 nitrogen and oxygen atoms in total. The van der Waals surface area contributed by atoms with Crippen molar-refractivity contribution < 1.29 is 0 Å². The Morgan fingerprint density at radius 1 is 1.32 bits per heavy atom. The van der Waals surface area contributed by atoms with Crippen LogP contribution in [-0.2, 0) is 26.3 Å². The molecule has 0 fully saturated rings. The first-order chi connectivity index (χ1) is 8.98. The number of benzene rings is 1. The fourth-order valence-electron chi connectivity index (χ4n) is 3.08. The zero-order valence-electron chi connectivity index (χ0n) is 11.3. The molecule has 0 atom stereocenters. The van der Waals surface area contributed by atoms with Crippen LogP contribution in [0.5, 0.6) is 0 Å². The summed E-state index contributed by atoms with van der Waals surface area (Å²) < 4.78 is 1.72. The fourth-order valence-corrected chi connectivity index (χ4v) is 3.32. The Balaban J connectivity index is 1.89. The number of nitrogens with two attached hydrogens (primary N) is 1. The van der Waals surface area contributed by atoms with Gasteiger partial charge in [0.1, 0.15) is 5.15 Å². The Kier molecular flexibility index (Phi) is 2.91. The molecule has 100 valence electrons. The first kappa shape index (κ1) is 12.7. The number of aromatic nitrogens is 2. The van der Waals surface area contributed by atoms with Crippen molar-refractivity contribution in [3.8, 4) is 0 Å². The molecule has 4 heteroatoms. The molecule has 1 aromatic heterocycles. The molecule has 0 radical (unpaired) electrons. The molecule has 0 spiro atoms. The summed E-state index contributed by atoms with van der Waals surface area (Å²) >= 11 is 6.31. The number of fused-ring (bicyclic) bond motifs is 1. The molecule has 3 rings (SSSR count). The smallest absolute Gasteiger partial charge is 0.130 e. The van der Waals surface area contributed by atoms with Gasteiger partial charge in [-0.2, -0.15) is 5.10 Å². The van der Waals surface area contributed by atoms with E-state index in [2.05, 4.69) is 29.4 Å². The standard InChI is InChI=1S/C15H18ClN3/c1-10-13(14(16)19(2)18-10)9-15(17)7-11-5-3-4-6-12(11)8-15/h3-6H,7-9,17H2,1-2H3. The predicted octanol–water partition coefficient (Wildman–Crippen LogP) is 2.42. The normalized spacial score (nSPS) is 16.6. The highest BCUT2D eigenvalue weighted by Gasteiger charge is 2.35. The number of hydrogen-bond acceptors (Lipinski definition) is 2. The maximum absolute atomic E-state index is 6.59. The third-order valence-electron chi connectivity index (χ3n) is 4.00. The number of aryl methyl sites for hydroxylation is 2. The van der Waals surface area contributed by atoms with Crippen LogP contribution in [0.3, 0.4) is 0 Å². The van der Waals surface area contributed by atoms with Gasteiger partial charge in [0.2, 0.25) is 0 Å². The Morgan fingerprint density at radius 2 is 1.89 bits per heavy atom. The summed E-state index contributed by atoms with van der Waals surface area (Å²) in [5, 5.41) is 5.07. The van der Waals surface area contributed by atoms with Gasteiger partial charge in [-0.05, 0) is 37.3 Å². The van der Waals surface area contributed by atoms with E-state index in [4.69, 9.17) is 17.3 Å². The van der Waals surface area contributed by atoms with Crippen LogP contribution in [0.15, 0.2) is 24.3 Å². The van der Waals surface area contributed by atoms with E-state index in [0.29, 0.717) is 5.15 Å². The number of rotatable bonds is 2. The molecular formula is C15H18ClN3. The van der Waals surface area contributed by atoms with Crippen LogP contribution < -0.4 is 5.73 Å². The summed E-state index contributed by atoms with van der Waals surface area (Å²) in [5.41, 5.74) is 11.1. The van der Waals surface area contributed by atoms with E-state index >= 15 is 0 Å². The molecule has 1 aliphatic carbocycles. The van der Waals surface area contributed by atoms with Crippen molar-refractivity contribution in [2.45, 2.75) is 31.7 Å². The highest BCUT2D eigenvalue weighted by Crippen LogP contribution is 2.33. The van der Waals surface area contributed by atoms with E-state index in [1.54, 1.807) is 4.68 Å². The average Bonchev–Trinajstić information content (AvgIpc) is 2.81. The van der Waals surface area contributed by atoms with Gasteiger partial charge in [0.15, 0.2) is 0 Å². The fraction of sp³-hybridized carbons (Fsp3) is 0.400. The number of nitrogens with zero attached hydrogens (tertiary/aromatic N) is 2. The molecular weight excluding hydrogens is 258 g/mol. The number of hydrogen-bond donors (Lipinski definition) is 1. The SMILES string of the molecule is Cc1nn(C)c(Cl)c1CC1(N)Cc2ccccc2C1. The van der Waals surface area contributed by atoms with Crippen molar-refractivity contribution in [1.82, 2.24) is 9.78 Å². The maximum Gasteiger partial charge on any atom is 0.130 e. The highest BCUT2D eigenvalue weighted by atomic mass is 35.5. The van der Waals surface area contributed by atoms with Gasteiger partial charge in [-0.3, -0.25) is 4.68 Å². The third-order valence-corrected chi connectivity index (χ3v) is 4.47. The van der Waals surface area contributed by atoms with Gasteiger partial charge < -0.3 is 5.73 Å². The average molecular weight is 276 g/mol. The summed E-state index contributed by atoms with van der Waals surface area (Å²) in [6.07, 6.45) is 2.60. The van der Waals surface area contributed by atoms with Gasteiger partial charge in [-0.25, -0.2) is 0 Å². The second kappa shape index (κ2) is 4.36. The van der Waals surface area contributed by atoms with Gasteiger partial charge in [0, 0.05) is 18.2 Å². The lowest BCUT2D eigenvalue weighted by atomic mass is 9.89. The minimum absolute atomic E-state index is 0.235. The first-order valence-corrected chi connectivity index (χ1v) is 6.90. The van der Waals surface area contributed by atoms with Crippen molar-refractivity contribution >= 4 is 11.6 Å². The van der Waals surface area contributed by atoms with Crippen molar-refractivity contribution in [3.63, 3.8) is 0 Å². The second-order valence-electron chi connectivity index (χ2n) is 5.64. The van der Waals surface area contributed by atoms with Gasteiger partial charge >= 0.3 is 0 Å².